The molecule has 3 rings (SSSR count). The number of hydrogen-bond acceptors (Lipinski definition) is 4. The Morgan fingerprint density at radius 3 is 2.37 bits per heavy atom. The third-order valence-electron chi connectivity index (χ3n) is 3.09. The molecule has 0 aliphatic carbocycles. The van der Waals surface area contributed by atoms with Crippen molar-refractivity contribution in [1.82, 2.24) is 19.7 Å². The van der Waals surface area contributed by atoms with Crippen LogP contribution in [0.1, 0.15) is 19.8 Å². The van der Waals surface area contributed by atoms with Crippen LogP contribution < -0.4 is 4.90 Å². The molecule has 0 aromatic carbocycles. The van der Waals surface area contributed by atoms with Gasteiger partial charge in [-0.15, -0.1) is 0 Å². The van der Waals surface area contributed by atoms with Crippen LogP contribution in [0.3, 0.4) is 0 Å². The summed E-state index contributed by atoms with van der Waals surface area (Å²) >= 11 is 2.22. The van der Waals surface area contributed by atoms with Crippen LogP contribution >= 0.6 is 9.53 Å². The molecule has 2 aromatic heterocycles. The fraction of sp³-hybridized carbons (Fsp3) is 0.267. The molecule has 0 amide bonds. The number of pyridine rings is 1. The van der Waals surface area contributed by atoms with Gasteiger partial charge in [0.25, 0.3) is 0 Å². The van der Waals surface area contributed by atoms with Gasteiger partial charge < -0.3 is 22.2 Å². The number of aromatic nitrogens is 3. The van der Waals surface area contributed by atoms with Gasteiger partial charge in [-0.1, -0.05) is 19.4 Å². The van der Waals surface area contributed by atoms with Crippen LogP contribution in [0.4, 0.5) is 23.1 Å². The summed E-state index contributed by atoms with van der Waals surface area (Å²) in [4.78, 5) is 8.56. The monoisotopic (exact) mass is 495 g/mol. The molecule has 0 fully saturated rings. The third kappa shape index (κ3) is 9.27. The zero-order valence-electron chi connectivity index (χ0n) is 14.3. The summed E-state index contributed by atoms with van der Waals surface area (Å²) in [6.45, 7) is 6.45. The Bertz CT molecular complexity index is 681. The summed E-state index contributed by atoms with van der Waals surface area (Å²) in [6.07, 6.45) is 9.97. The van der Waals surface area contributed by atoms with Crippen LogP contribution in [0.15, 0.2) is 49.1 Å². The molecule has 1 aliphatic rings. The standard InChI is InChI=1S/C15H17N5.BF4.ClH.Pd/c1-2-3-9-18-11-12-19(13-18)14-6-4-7-15(17-14)20-10-5-8-16-20;2-1(3,4)5;;/h4-8,10-12H,2-3,9H2,1H3;;1H;/q;-1;;+2/p-1. The van der Waals surface area contributed by atoms with Crippen molar-refractivity contribution in [2.24, 2.45) is 0 Å². The topological polar surface area (TPSA) is 37.2 Å². The van der Waals surface area contributed by atoms with Crippen LogP contribution in [0.25, 0.3) is 5.82 Å². The minimum absolute atomic E-state index is 0.801. The van der Waals surface area contributed by atoms with Gasteiger partial charge in [0.2, 0.25) is 6.67 Å². The first-order chi connectivity index (χ1) is 12.9. The van der Waals surface area contributed by atoms with Crippen molar-refractivity contribution in [3.8, 4) is 5.82 Å². The fourth-order valence-electron chi connectivity index (χ4n) is 2.01. The van der Waals surface area contributed by atoms with E-state index < -0.39 is 7.25 Å². The van der Waals surface area contributed by atoms with Gasteiger partial charge in [0.1, 0.15) is 5.82 Å². The average molecular weight is 496 g/mol. The molecule has 0 saturated carbocycles. The van der Waals surface area contributed by atoms with Gasteiger partial charge in [-0.3, -0.25) is 4.90 Å². The van der Waals surface area contributed by atoms with Gasteiger partial charge in [-0.05, 0) is 24.6 Å². The summed E-state index contributed by atoms with van der Waals surface area (Å²) in [7, 11) is -1.51. The first-order valence-corrected chi connectivity index (χ1v) is 9.84. The number of halogens is 5. The minimum atomic E-state index is -6.00. The number of nitrogens with zero attached hydrogens (tertiary/aromatic N) is 5. The molecule has 2 radical (unpaired) electrons. The molecule has 5 nitrogen and oxygen atoms in total. The Balaban J connectivity index is 0.000000454. The van der Waals surface area contributed by atoms with E-state index in [-0.39, 0.29) is 0 Å². The van der Waals surface area contributed by atoms with Crippen LogP contribution in [0.5, 0.6) is 0 Å². The van der Waals surface area contributed by atoms with E-state index in [0.29, 0.717) is 0 Å². The van der Waals surface area contributed by atoms with Crippen LogP contribution in [-0.4, -0.2) is 33.5 Å². The number of unbranched alkanes of at least 4 members (excludes halogenated alkanes) is 1. The van der Waals surface area contributed by atoms with Crippen molar-refractivity contribution in [2.45, 2.75) is 19.8 Å². The van der Waals surface area contributed by atoms with Crippen molar-refractivity contribution in [3.63, 3.8) is 0 Å². The molecule has 1 aliphatic heterocycles. The van der Waals surface area contributed by atoms with Crippen LogP contribution in [-0.2, 0) is 18.2 Å². The molecule has 12 heteroatoms. The quantitative estimate of drug-likeness (QED) is 0.447. The summed E-state index contributed by atoms with van der Waals surface area (Å²) < 4.78 is 40.7. The van der Waals surface area contributed by atoms with Gasteiger partial charge in [-0.25, -0.2) is 9.67 Å². The van der Waals surface area contributed by atoms with E-state index in [1.54, 1.807) is 10.9 Å². The average Bonchev–Trinajstić information content (AvgIpc) is 3.32. The van der Waals surface area contributed by atoms with Crippen LogP contribution in [0.2, 0.25) is 0 Å². The molecular formula is C15H17BClF4N5Pd. The van der Waals surface area contributed by atoms with E-state index >= 15 is 0 Å². The first kappa shape index (κ1) is 23.5. The Morgan fingerprint density at radius 1 is 1.11 bits per heavy atom. The Kier molecular flexibility index (Phi) is 10.4. The van der Waals surface area contributed by atoms with Crippen molar-refractivity contribution in [2.75, 3.05) is 11.4 Å². The van der Waals surface area contributed by atoms with E-state index in [1.165, 1.54) is 6.42 Å². The molecule has 0 unspecified atom stereocenters. The van der Waals surface area contributed by atoms with Crippen molar-refractivity contribution in [1.29, 1.82) is 0 Å². The summed E-state index contributed by atoms with van der Waals surface area (Å²) in [6, 6.07) is 7.76. The molecule has 0 saturated heterocycles. The van der Waals surface area contributed by atoms with Crippen molar-refractivity contribution in [3.05, 3.63) is 55.7 Å². The van der Waals surface area contributed by atoms with Crippen molar-refractivity contribution >= 4 is 22.6 Å². The molecular weight excluding hydrogens is 479 g/mol. The Morgan fingerprint density at radius 2 is 1.78 bits per heavy atom. The number of rotatable bonds is 5. The second-order valence-corrected chi connectivity index (χ2v) is 5.11. The molecule has 0 spiro atoms. The molecule has 150 valence electrons. The molecule has 0 bridgehead atoms. The second kappa shape index (κ2) is 12.0. The Labute approximate surface area is 170 Å². The second-order valence-electron chi connectivity index (χ2n) is 5.11. The van der Waals surface area contributed by atoms with E-state index in [4.69, 9.17) is 0 Å². The van der Waals surface area contributed by atoms with E-state index in [0.717, 1.165) is 24.6 Å². The maximum atomic E-state index is 9.75. The van der Waals surface area contributed by atoms with Gasteiger partial charge in [0, 0.05) is 31.3 Å². The Hall–Kier alpha value is -1.56. The maximum absolute atomic E-state index is 9.75. The van der Waals surface area contributed by atoms with Gasteiger partial charge >= 0.3 is 35.0 Å². The normalized spacial score (nSPS) is 13.0. The number of anilines is 1. The van der Waals surface area contributed by atoms with E-state index in [1.807, 2.05) is 47.8 Å². The first-order valence-electron chi connectivity index (χ1n) is 7.83. The van der Waals surface area contributed by atoms with Gasteiger partial charge in [0.05, 0.1) is 0 Å². The van der Waals surface area contributed by atoms with Gasteiger partial charge in [-0.2, -0.15) is 5.10 Å². The molecule has 3 heterocycles. The molecule has 0 atom stereocenters. The number of hydrogen-bond donors (Lipinski definition) is 0. The predicted molar refractivity (Wildman–Crippen MR) is 93.9 cm³/mol. The van der Waals surface area contributed by atoms with Gasteiger partial charge in [0.15, 0.2) is 5.82 Å². The molecule has 27 heavy (non-hydrogen) atoms. The zero-order chi connectivity index (χ0) is 20.3. The summed E-state index contributed by atoms with van der Waals surface area (Å²) in [5, 5.41) is 4.20. The zero-order valence-corrected chi connectivity index (χ0v) is 16.6. The SMILES string of the molecule is CCCCN1[C]N(c2cccc(-n3cccn3)n2)C=C1.F[B-](F)(F)F.[Cl][Pd+]. The fourth-order valence-corrected chi connectivity index (χ4v) is 2.01. The van der Waals surface area contributed by atoms with Crippen LogP contribution in [0, 0.1) is 6.67 Å². The predicted octanol–water partition coefficient (Wildman–Crippen LogP) is 4.64. The molecule has 0 N–H and O–H groups in total. The summed E-state index contributed by atoms with van der Waals surface area (Å²) in [5.41, 5.74) is 0. The summed E-state index contributed by atoms with van der Waals surface area (Å²) in [5.74, 6) is 1.64. The third-order valence-corrected chi connectivity index (χ3v) is 3.09. The van der Waals surface area contributed by atoms with E-state index in [2.05, 4.69) is 56.3 Å². The van der Waals surface area contributed by atoms with E-state index in [9.17, 15) is 17.3 Å². The molecule has 2 aromatic rings. The van der Waals surface area contributed by atoms with Crippen molar-refractivity contribution < 1.29 is 35.4 Å².